The maximum Gasteiger partial charge on any atom is 0.415 e. The highest BCUT2D eigenvalue weighted by atomic mass is 32.2. The van der Waals surface area contributed by atoms with E-state index in [-0.39, 0.29) is 10.9 Å². The summed E-state index contributed by atoms with van der Waals surface area (Å²) < 4.78 is 33.8. The first-order chi connectivity index (χ1) is 17.0. The molecule has 1 fully saturated rings. The molecule has 3 aromatic rings. The minimum Gasteiger partial charge on any atom is -0.691 e. The SMILES string of the molecule is O=C(OC1CCCCC1)C(F)(F)SOO[O-].c1ccc([S+](c2ccccc2)c2ccccc2)cc1. The zero-order chi connectivity index (χ0) is 24.9. The summed E-state index contributed by atoms with van der Waals surface area (Å²) in [5, 5.41) is 8.17. The molecule has 1 saturated carbocycles. The highest BCUT2D eigenvalue weighted by Crippen LogP contribution is 2.33. The summed E-state index contributed by atoms with van der Waals surface area (Å²) in [6, 6.07) is 32.2. The zero-order valence-electron chi connectivity index (χ0n) is 18.9. The third-order valence-corrected chi connectivity index (χ3v) is 7.90. The molecular weight excluding hydrogens is 494 g/mol. The van der Waals surface area contributed by atoms with Gasteiger partial charge in [0.2, 0.25) is 0 Å². The minimum atomic E-state index is -3.93. The number of carbonyl (C=O) groups is 1. The van der Waals surface area contributed by atoms with Gasteiger partial charge in [0.1, 0.15) is 18.1 Å². The summed E-state index contributed by atoms with van der Waals surface area (Å²) in [6.07, 6.45) is 3.44. The standard InChI is InChI=1S/C18H15S.C8H12F2O5S/c1-4-10-16(11-5-1)19(17-12-6-2-7-13-17)18-14-8-3-9-15-18;9-8(10,16-15-14-12)7(11)13-6-4-2-1-3-5-6/h1-15H;6,12H,1-5H2/q+1;/p-1. The molecule has 0 amide bonds. The van der Waals surface area contributed by atoms with Crippen molar-refractivity contribution in [2.45, 2.75) is 58.1 Å². The van der Waals surface area contributed by atoms with Crippen molar-refractivity contribution in [1.29, 1.82) is 0 Å². The summed E-state index contributed by atoms with van der Waals surface area (Å²) in [6.45, 7) is 0. The topological polar surface area (TPSA) is 67.8 Å². The second-order valence-corrected chi connectivity index (χ2v) is 10.5. The Kier molecular flexibility index (Phi) is 11.0. The average molecular weight is 521 g/mol. The van der Waals surface area contributed by atoms with Gasteiger partial charge in [0.05, 0.1) is 10.9 Å². The van der Waals surface area contributed by atoms with Gasteiger partial charge in [-0.3, -0.25) is 5.04 Å². The molecule has 1 aliphatic carbocycles. The maximum absolute atomic E-state index is 12.9. The van der Waals surface area contributed by atoms with Crippen molar-refractivity contribution in [3.8, 4) is 0 Å². The van der Waals surface area contributed by atoms with Gasteiger partial charge in [0, 0.05) is 0 Å². The van der Waals surface area contributed by atoms with Gasteiger partial charge in [0.25, 0.3) is 0 Å². The number of carbonyl (C=O) groups excluding carboxylic acids is 1. The van der Waals surface area contributed by atoms with Crippen LogP contribution in [-0.2, 0) is 29.8 Å². The molecule has 0 radical (unpaired) electrons. The normalized spacial score (nSPS) is 14.2. The van der Waals surface area contributed by atoms with Crippen LogP contribution in [0.5, 0.6) is 0 Å². The Balaban J connectivity index is 0.000000199. The first kappa shape index (κ1) is 27.2. The molecule has 0 heterocycles. The van der Waals surface area contributed by atoms with Crippen LogP contribution in [0.4, 0.5) is 8.78 Å². The first-order valence-corrected chi connectivity index (χ1v) is 13.1. The van der Waals surface area contributed by atoms with Crippen molar-refractivity contribution in [2.24, 2.45) is 0 Å². The van der Waals surface area contributed by atoms with Gasteiger partial charge in [0.15, 0.2) is 14.7 Å². The molecular formula is C26H26F2O5S2. The van der Waals surface area contributed by atoms with Crippen LogP contribution < -0.4 is 5.26 Å². The van der Waals surface area contributed by atoms with E-state index in [2.05, 4.69) is 105 Å². The van der Waals surface area contributed by atoms with E-state index >= 15 is 0 Å². The molecule has 0 spiro atoms. The molecule has 186 valence electrons. The van der Waals surface area contributed by atoms with Crippen LogP contribution in [0.15, 0.2) is 106 Å². The molecule has 0 unspecified atom stereocenters. The molecule has 0 aromatic heterocycles. The second kappa shape index (κ2) is 14.2. The molecule has 4 rings (SSSR count). The quantitative estimate of drug-likeness (QED) is 0.117. The van der Waals surface area contributed by atoms with Gasteiger partial charge in [-0.1, -0.05) is 61.0 Å². The largest absolute Gasteiger partial charge is 0.691 e. The van der Waals surface area contributed by atoms with E-state index < -0.39 is 29.4 Å². The molecule has 35 heavy (non-hydrogen) atoms. The average Bonchev–Trinajstić information content (AvgIpc) is 2.90. The Morgan fingerprint density at radius 3 is 1.63 bits per heavy atom. The minimum absolute atomic E-state index is 0.0146. The Labute approximate surface area is 210 Å². The van der Waals surface area contributed by atoms with Crippen LogP contribution in [0.25, 0.3) is 0 Å². The van der Waals surface area contributed by atoms with Gasteiger partial charge >= 0.3 is 11.2 Å². The second-order valence-electron chi connectivity index (χ2n) is 7.65. The van der Waals surface area contributed by atoms with Gasteiger partial charge in [-0.05, 0) is 62.1 Å². The lowest BCUT2D eigenvalue weighted by Crippen LogP contribution is -2.32. The summed E-state index contributed by atoms with van der Waals surface area (Å²) in [4.78, 5) is 15.1. The van der Waals surface area contributed by atoms with E-state index in [0.717, 1.165) is 19.3 Å². The number of alkyl halides is 2. The van der Waals surface area contributed by atoms with Crippen molar-refractivity contribution < 1.29 is 32.9 Å². The van der Waals surface area contributed by atoms with Gasteiger partial charge in [-0.2, -0.15) is 13.1 Å². The number of rotatable bonds is 8. The van der Waals surface area contributed by atoms with Crippen molar-refractivity contribution in [2.75, 3.05) is 0 Å². The van der Waals surface area contributed by atoms with E-state index in [1.54, 1.807) is 0 Å². The Hall–Kier alpha value is -2.43. The molecule has 0 atom stereocenters. The summed E-state index contributed by atoms with van der Waals surface area (Å²) in [7, 11) is -0.0146. The molecule has 9 heteroatoms. The highest BCUT2D eigenvalue weighted by Gasteiger charge is 2.44. The lowest BCUT2D eigenvalue weighted by atomic mass is 9.98. The predicted molar refractivity (Wildman–Crippen MR) is 129 cm³/mol. The van der Waals surface area contributed by atoms with Crippen LogP contribution >= 0.6 is 12.0 Å². The molecule has 5 nitrogen and oxygen atoms in total. The Bertz CT molecular complexity index is 910. The van der Waals surface area contributed by atoms with Crippen molar-refractivity contribution in [3.05, 3.63) is 91.0 Å². The maximum atomic E-state index is 12.9. The van der Waals surface area contributed by atoms with Gasteiger partial charge in [-0.25, -0.2) is 4.79 Å². The first-order valence-electron chi connectivity index (χ1n) is 11.1. The lowest BCUT2D eigenvalue weighted by molar-refractivity contribution is -0.777. The number of hydrogen-bond acceptors (Lipinski definition) is 6. The number of halogens is 2. The number of ether oxygens (including phenoxy) is 1. The van der Waals surface area contributed by atoms with Crippen LogP contribution in [0.2, 0.25) is 0 Å². The van der Waals surface area contributed by atoms with E-state index in [9.17, 15) is 18.8 Å². The van der Waals surface area contributed by atoms with Crippen LogP contribution in [0.1, 0.15) is 32.1 Å². The molecule has 1 aliphatic rings. The molecule has 0 saturated heterocycles. The predicted octanol–water partition coefficient (Wildman–Crippen LogP) is 6.11. The van der Waals surface area contributed by atoms with Crippen molar-refractivity contribution in [3.63, 3.8) is 0 Å². The number of esters is 1. The van der Waals surface area contributed by atoms with Gasteiger partial charge in [-0.15, -0.1) is 0 Å². The number of benzene rings is 3. The highest BCUT2D eigenvalue weighted by molar-refractivity contribution is 7.97. The van der Waals surface area contributed by atoms with Crippen LogP contribution in [-0.4, -0.2) is 17.3 Å². The molecule has 0 N–H and O–H groups in total. The third-order valence-electron chi connectivity index (χ3n) is 5.17. The van der Waals surface area contributed by atoms with E-state index in [1.165, 1.54) is 14.7 Å². The van der Waals surface area contributed by atoms with E-state index in [4.69, 9.17) is 0 Å². The molecule has 3 aromatic carbocycles. The summed E-state index contributed by atoms with van der Waals surface area (Å²) >= 11 is -0.667. The Morgan fingerprint density at radius 2 is 1.23 bits per heavy atom. The zero-order valence-corrected chi connectivity index (χ0v) is 20.5. The fraction of sp³-hybridized carbons (Fsp3) is 0.269. The van der Waals surface area contributed by atoms with Gasteiger partial charge < -0.3 is 9.99 Å². The van der Waals surface area contributed by atoms with E-state index in [0.29, 0.717) is 12.8 Å². The van der Waals surface area contributed by atoms with Crippen molar-refractivity contribution in [1.82, 2.24) is 0 Å². The summed E-state index contributed by atoms with van der Waals surface area (Å²) in [5.41, 5.74) is 0. The molecule has 0 bridgehead atoms. The fourth-order valence-corrected chi connectivity index (χ4v) is 5.91. The van der Waals surface area contributed by atoms with Crippen LogP contribution in [0, 0.1) is 0 Å². The fourth-order valence-electron chi connectivity index (χ4n) is 3.57. The van der Waals surface area contributed by atoms with E-state index in [1.807, 2.05) is 0 Å². The Morgan fingerprint density at radius 1 is 0.800 bits per heavy atom. The third kappa shape index (κ3) is 8.63. The van der Waals surface area contributed by atoms with Crippen molar-refractivity contribution >= 4 is 28.9 Å². The summed E-state index contributed by atoms with van der Waals surface area (Å²) in [5.74, 6) is -1.71. The lowest BCUT2D eigenvalue weighted by Gasteiger charge is -2.23. The number of hydrogen-bond donors (Lipinski definition) is 0. The monoisotopic (exact) mass is 520 g/mol. The smallest absolute Gasteiger partial charge is 0.415 e. The van der Waals surface area contributed by atoms with Crippen LogP contribution in [0.3, 0.4) is 0 Å². The molecule has 0 aliphatic heterocycles.